The summed E-state index contributed by atoms with van der Waals surface area (Å²) < 4.78 is 14.7. The molecule has 3 nitrogen and oxygen atoms in total. The molecule has 0 fully saturated rings. The van der Waals surface area contributed by atoms with E-state index in [9.17, 15) is 0 Å². The quantitative estimate of drug-likeness (QED) is 0.165. The first kappa shape index (κ1) is 39.5. The molecular weight excluding hydrogens is 790 g/mol. The van der Waals surface area contributed by atoms with E-state index in [0.29, 0.717) is 5.02 Å². The van der Waals surface area contributed by atoms with Crippen molar-refractivity contribution in [2.45, 2.75) is 21.3 Å². The number of aromatic nitrogens is 1. The van der Waals surface area contributed by atoms with E-state index in [1.807, 2.05) is 30.3 Å². The highest BCUT2D eigenvalue weighted by molar-refractivity contribution is 6.36. The topological polar surface area (TPSA) is 31.2 Å². The van der Waals surface area contributed by atoms with Crippen LogP contribution in [0.4, 0.5) is 0 Å². The molecule has 0 unspecified atom stereocenters. The highest BCUT2D eigenvalue weighted by Crippen LogP contribution is 2.41. The fourth-order valence-electron chi connectivity index (χ4n) is 9.52. The highest BCUT2D eigenvalue weighted by atomic mass is 35.5. The van der Waals surface area contributed by atoms with Gasteiger partial charge in [-0.25, -0.2) is 0 Å². The predicted molar refractivity (Wildman–Crippen MR) is 270 cm³/mol. The first-order chi connectivity index (χ1) is 30.2. The summed E-state index contributed by atoms with van der Waals surface area (Å²) in [5.74, 6) is 0. The molecule has 0 saturated carbocycles. The van der Waals surface area contributed by atoms with Crippen molar-refractivity contribution >= 4 is 98.8 Å². The molecule has 14 rings (SSSR count). The Hall–Kier alpha value is -7.59. The molecule has 4 heteroatoms. The van der Waals surface area contributed by atoms with E-state index in [4.69, 9.17) is 20.4 Å². The maximum Gasteiger partial charge on any atom is 0.159 e. The van der Waals surface area contributed by atoms with Crippen LogP contribution in [-0.4, -0.2) is 4.57 Å². The van der Waals surface area contributed by atoms with Gasteiger partial charge in [-0.05, 0) is 86.6 Å². The van der Waals surface area contributed by atoms with Crippen LogP contribution in [0.25, 0.3) is 104 Å². The Balaban J connectivity index is 0.000000122. The number of fused-ring (bicyclic) bond motifs is 16. The van der Waals surface area contributed by atoms with Gasteiger partial charge in [-0.3, -0.25) is 0 Å². The van der Waals surface area contributed by atoms with E-state index < -0.39 is 0 Å². The molecule has 304 valence electrons. The fraction of sp³-hybridized carbons (Fsp3) is 0.0508. The number of hydrogen-bond acceptors (Lipinski definition) is 2. The minimum absolute atomic E-state index is 0. The van der Waals surface area contributed by atoms with E-state index in [1.165, 1.54) is 71.0 Å². The van der Waals surface area contributed by atoms with Gasteiger partial charge in [0, 0.05) is 32.3 Å². The normalized spacial score (nSPS) is 11.6. The van der Waals surface area contributed by atoms with Crippen molar-refractivity contribution in [3.63, 3.8) is 0 Å². The minimum Gasteiger partial charge on any atom is -0.454 e. The number of benzene rings is 10. The van der Waals surface area contributed by atoms with Crippen LogP contribution < -0.4 is 0 Å². The Labute approximate surface area is 371 Å². The molecular formula is C59H44ClNO2. The third-order valence-corrected chi connectivity index (χ3v) is 12.5. The van der Waals surface area contributed by atoms with Crippen molar-refractivity contribution in [3.05, 3.63) is 222 Å². The van der Waals surface area contributed by atoms with Crippen molar-refractivity contribution in [1.82, 2.24) is 4.57 Å². The van der Waals surface area contributed by atoms with Crippen LogP contribution in [0.1, 0.15) is 26.0 Å². The molecule has 0 spiro atoms. The van der Waals surface area contributed by atoms with Crippen molar-refractivity contribution in [3.8, 4) is 16.8 Å². The molecule has 3 heterocycles. The molecule has 0 aliphatic heterocycles. The van der Waals surface area contributed by atoms with E-state index >= 15 is 0 Å². The molecule has 13 aromatic rings. The van der Waals surface area contributed by atoms with Gasteiger partial charge in [-0.1, -0.05) is 196 Å². The van der Waals surface area contributed by atoms with Crippen molar-refractivity contribution in [1.29, 1.82) is 0 Å². The second-order valence-electron chi connectivity index (χ2n) is 15.7. The number of nitrogens with zero attached hydrogens (tertiary/aromatic N) is 1. The lowest BCUT2D eigenvalue weighted by Crippen LogP contribution is -1.93. The molecule has 0 N–H and O–H groups in total. The number of furan rings is 2. The second-order valence-corrected chi connectivity index (χ2v) is 16.1. The van der Waals surface area contributed by atoms with E-state index in [-0.39, 0.29) is 14.9 Å². The Morgan fingerprint density at radius 1 is 0.365 bits per heavy atom. The molecule has 0 bridgehead atoms. The summed E-state index contributed by atoms with van der Waals surface area (Å²) in [6, 6.07) is 72.0. The largest absolute Gasteiger partial charge is 0.454 e. The zero-order valence-electron chi connectivity index (χ0n) is 33.0. The molecule has 63 heavy (non-hydrogen) atoms. The summed E-state index contributed by atoms with van der Waals surface area (Å²) >= 11 is 6.19. The summed E-state index contributed by atoms with van der Waals surface area (Å²) in [6.07, 6.45) is 1.10. The van der Waals surface area contributed by atoms with Crippen molar-refractivity contribution in [2.75, 3.05) is 0 Å². The van der Waals surface area contributed by atoms with Gasteiger partial charge < -0.3 is 13.4 Å². The molecule has 0 radical (unpaired) electrons. The smallest absolute Gasteiger partial charge is 0.159 e. The van der Waals surface area contributed by atoms with Gasteiger partial charge in [0.15, 0.2) is 11.2 Å². The summed E-state index contributed by atoms with van der Waals surface area (Å²) in [5.41, 5.74) is 12.7. The Morgan fingerprint density at radius 2 is 0.794 bits per heavy atom. The first-order valence-electron chi connectivity index (χ1n) is 20.7. The Kier molecular flexibility index (Phi) is 10.1. The maximum absolute atomic E-state index is 6.49. The SMILES string of the molecule is C.C.Clc1cccc2c1oc1ccc3ccccc3c12.c1ccc2c(c1)Cc1ccccc1-2.c1ccc2c(c1)ccc1oc3c(-n4c5ccccc5c5ccccc54)cccc3c12. The van der Waals surface area contributed by atoms with E-state index in [1.54, 1.807) is 0 Å². The van der Waals surface area contributed by atoms with Crippen LogP contribution in [-0.2, 0) is 6.42 Å². The van der Waals surface area contributed by atoms with Crippen LogP contribution in [0.3, 0.4) is 0 Å². The lowest BCUT2D eigenvalue weighted by atomic mass is 10.0. The lowest BCUT2D eigenvalue weighted by molar-refractivity contribution is 0.666. The van der Waals surface area contributed by atoms with Crippen molar-refractivity contribution < 1.29 is 8.83 Å². The summed E-state index contributed by atoms with van der Waals surface area (Å²) in [6.45, 7) is 0. The van der Waals surface area contributed by atoms with Gasteiger partial charge in [0.2, 0.25) is 0 Å². The number of halogens is 1. The number of para-hydroxylation sites is 4. The van der Waals surface area contributed by atoms with Gasteiger partial charge in [0.05, 0.1) is 21.7 Å². The summed E-state index contributed by atoms with van der Waals surface area (Å²) in [7, 11) is 0. The van der Waals surface area contributed by atoms with Gasteiger partial charge in [-0.2, -0.15) is 0 Å². The molecule has 3 aromatic heterocycles. The Bertz CT molecular complexity index is 3730. The molecule has 10 aromatic carbocycles. The fourth-order valence-corrected chi connectivity index (χ4v) is 9.74. The zero-order chi connectivity index (χ0) is 40.4. The van der Waals surface area contributed by atoms with Crippen LogP contribution in [0.2, 0.25) is 5.02 Å². The zero-order valence-corrected chi connectivity index (χ0v) is 33.7. The third kappa shape index (κ3) is 6.43. The average Bonchev–Trinajstić information content (AvgIpc) is 4.09. The lowest BCUT2D eigenvalue weighted by Gasteiger charge is -2.08. The molecule has 1 aliphatic carbocycles. The van der Waals surface area contributed by atoms with Crippen LogP contribution >= 0.6 is 11.6 Å². The predicted octanol–water partition coefficient (Wildman–Crippen LogP) is 17.8. The van der Waals surface area contributed by atoms with Gasteiger partial charge in [-0.15, -0.1) is 0 Å². The summed E-state index contributed by atoms with van der Waals surface area (Å²) in [4.78, 5) is 0. The van der Waals surface area contributed by atoms with E-state index in [0.717, 1.165) is 50.6 Å². The van der Waals surface area contributed by atoms with Crippen LogP contribution in [0, 0.1) is 0 Å². The molecule has 0 atom stereocenters. The number of hydrogen-bond donors (Lipinski definition) is 0. The molecule has 0 saturated heterocycles. The van der Waals surface area contributed by atoms with E-state index in [2.05, 4.69) is 180 Å². The standard InChI is InChI=1S/C28H17NO.C16H9ClO.C13H10.2CH4/c1-2-9-19-18(8-1)16-17-26-27(19)22-12-7-15-25(28(22)30-26)29-23-13-5-3-10-20(23)21-11-4-6-14-24(21)29;17-13-7-3-6-12-15-11-5-2-1-4-10(11)8-9-14(15)18-16(12)13;1-3-7-12-10(5-1)9-11-6-2-4-8-13(11)12;;/h1-17H;1-9H;1-8H,9H2;2*1H4. The second kappa shape index (κ2) is 16.0. The van der Waals surface area contributed by atoms with Crippen LogP contribution in [0.5, 0.6) is 0 Å². The average molecular weight is 834 g/mol. The van der Waals surface area contributed by atoms with Gasteiger partial charge in [0.1, 0.15) is 11.2 Å². The minimum atomic E-state index is 0. The van der Waals surface area contributed by atoms with Gasteiger partial charge in [0.25, 0.3) is 0 Å². The molecule has 0 amide bonds. The first-order valence-corrected chi connectivity index (χ1v) is 21.0. The molecule has 1 aliphatic rings. The Morgan fingerprint density at radius 3 is 1.37 bits per heavy atom. The maximum atomic E-state index is 6.49. The monoisotopic (exact) mass is 833 g/mol. The summed E-state index contributed by atoms with van der Waals surface area (Å²) in [5, 5.41) is 12.6. The van der Waals surface area contributed by atoms with Crippen molar-refractivity contribution in [2.24, 2.45) is 0 Å². The van der Waals surface area contributed by atoms with Gasteiger partial charge >= 0.3 is 0 Å². The highest BCUT2D eigenvalue weighted by Gasteiger charge is 2.19. The van der Waals surface area contributed by atoms with Crippen LogP contribution in [0.15, 0.2) is 215 Å². The number of rotatable bonds is 1. The third-order valence-electron chi connectivity index (χ3n) is 12.2.